The van der Waals surface area contributed by atoms with Crippen LogP contribution in [0, 0.1) is 5.92 Å². The van der Waals surface area contributed by atoms with Gasteiger partial charge in [-0.2, -0.15) is 0 Å². The molecule has 7 heteroatoms. The number of nitrogens with zero attached hydrogens (tertiary/aromatic N) is 1. The minimum absolute atomic E-state index is 0.164. The van der Waals surface area contributed by atoms with Gasteiger partial charge in [0.15, 0.2) is 0 Å². The highest BCUT2D eigenvalue weighted by molar-refractivity contribution is 5.75. The fourth-order valence-electron chi connectivity index (χ4n) is 1.77. The van der Waals surface area contributed by atoms with Gasteiger partial charge in [0, 0.05) is 26.6 Å². The average molecular weight is 348 g/mol. The molecular weight excluding hydrogens is 312 g/mol. The molecule has 0 unspecified atom stereocenters. The molecule has 0 aliphatic rings. The van der Waals surface area contributed by atoms with Gasteiger partial charge >= 0.3 is 0 Å². The van der Waals surface area contributed by atoms with Gasteiger partial charge in [-0.05, 0) is 13.0 Å². The molecule has 0 aliphatic carbocycles. The SMILES string of the molecule is CNCCOCCOCCOCCOCCN(C)C(=O)CC(C)C. The zero-order chi connectivity index (χ0) is 18.0. The van der Waals surface area contributed by atoms with Crippen LogP contribution in [-0.2, 0) is 23.7 Å². The average Bonchev–Trinajstić information content (AvgIpc) is 2.54. The van der Waals surface area contributed by atoms with Gasteiger partial charge < -0.3 is 29.2 Å². The summed E-state index contributed by atoms with van der Waals surface area (Å²) in [6.07, 6.45) is 0.583. The molecule has 0 radical (unpaired) electrons. The molecule has 7 nitrogen and oxygen atoms in total. The molecule has 0 aliphatic heterocycles. The summed E-state index contributed by atoms with van der Waals surface area (Å²) in [6.45, 7) is 10.1. The number of amides is 1. The molecule has 24 heavy (non-hydrogen) atoms. The summed E-state index contributed by atoms with van der Waals surface area (Å²) in [5.74, 6) is 0.549. The first-order valence-electron chi connectivity index (χ1n) is 8.77. The number of nitrogens with one attached hydrogen (secondary N) is 1. The molecule has 0 saturated carbocycles. The van der Waals surface area contributed by atoms with Crippen molar-refractivity contribution in [3.63, 3.8) is 0 Å². The number of hydrogen-bond donors (Lipinski definition) is 1. The standard InChI is InChI=1S/C17H36N2O5/c1-16(2)15-17(20)19(4)6-8-22-10-12-24-14-13-23-11-9-21-7-5-18-3/h16,18H,5-15H2,1-4H3. The topological polar surface area (TPSA) is 69.3 Å². The maximum absolute atomic E-state index is 11.7. The zero-order valence-corrected chi connectivity index (χ0v) is 15.8. The van der Waals surface area contributed by atoms with Crippen LogP contribution < -0.4 is 5.32 Å². The van der Waals surface area contributed by atoms with E-state index in [1.165, 1.54) is 0 Å². The van der Waals surface area contributed by atoms with Gasteiger partial charge in [-0.25, -0.2) is 0 Å². The van der Waals surface area contributed by atoms with Crippen molar-refractivity contribution < 1.29 is 23.7 Å². The predicted octanol–water partition coefficient (Wildman–Crippen LogP) is 0.777. The number of likely N-dealkylation sites (N-methyl/N-ethyl adjacent to an activating group) is 2. The van der Waals surface area contributed by atoms with E-state index in [0.29, 0.717) is 71.7 Å². The van der Waals surface area contributed by atoms with Crippen LogP contribution in [0.25, 0.3) is 0 Å². The largest absolute Gasteiger partial charge is 0.378 e. The van der Waals surface area contributed by atoms with Gasteiger partial charge in [0.25, 0.3) is 0 Å². The van der Waals surface area contributed by atoms with E-state index >= 15 is 0 Å². The highest BCUT2D eigenvalue weighted by Crippen LogP contribution is 2.02. The van der Waals surface area contributed by atoms with Gasteiger partial charge in [0.1, 0.15) is 0 Å². The van der Waals surface area contributed by atoms with Crippen molar-refractivity contribution in [3.8, 4) is 0 Å². The minimum Gasteiger partial charge on any atom is -0.378 e. The van der Waals surface area contributed by atoms with Gasteiger partial charge in [0.2, 0.25) is 5.91 Å². The Morgan fingerprint density at radius 2 is 1.33 bits per heavy atom. The maximum atomic E-state index is 11.7. The molecule has 0 spiro atoms. The molecular formula is C17H36N2O5. The zero-order valence-electron chi connectivity index (χ0n) is 15.8. The van der Waals surface area contributed by atoms with Crippen molar-refractivity contribution in [3.05, 3.63) is 0 Å². The second-order valence-corrected chi connectivity index (χ2v) is 5.97. The van der Waals surface area contributed by atoms with E-state index in [0.717, 1.165) is 6.54 Å². The summed E-state index contributed by atoms with van der Waals surface area (Å²) in [4.78, 5) is 13.5. The summed E-state index contributed by atoms with van der Waals surface area (Å²) in [6, 6.07) is 0. The van der Waals surface area contributed by atoms with E-state index in [1.54, 1.807) is 4.90 Å². The lowest BCUT2D eigenvalue weighted by Crippen LogP contribution is -2.31. The quantitative estimate of drug-likeness (QED) is 0.392. The Hall–Kier alpha value is -0.730. The third-order valence-corrected chi connectivity index (χ3v) is 3.19. The summed E-state index contributed by atoms with van der Waals surface area (Å²) in [5.41, 5.74) is 0. The molecule has 0 atom stereocenters. The normalized spacial score (nSPS) is 11.2. The van der Waals surface area contributed by atoms with Crippen LogP contribution in [0.5, 0.6) is 0 Å². The molecule has 0 saturated heterocycles. The van der Waals surface area contributed by atoms with Crippen molar-refractivity contribution in [1.29, 1.82) is 0 Å². The van der Waals surface area contributed by atoms with E-state index in [1.807, 2.05) is 27.9 Å². The molecule has 0 heterocycles. The Labute approximate surface area is 147 Å². The minimum atomic E-state index is 0.164. The van der Waals surface area contributed by atoms with Crippen LogP contribution in [0.1, 0.15) is 20.3 Å². The Balaban J connectivity index is 3.21. The smallest absolute Gasteiger partial charge is 0.222 e. The summed E-state index contributed by atoms with van der Waals surface area (Å²) in [5, 5.41) is 3.01. The lowest BCUT2D eigenvalue weighted by atomic mass is 10.1. The Bertz CT molecular complexity index is 290. The molecule has 0 rings (SSSR count). The van der Waals surface area contributed by atoms with Gasteiger partial charge in [-0.3, -0.25) is 4.79 Å². The third-order valence-electron chi connectivity index (χ3n) is 3.19. The first kappa shape index (κ1) is 23.3. The van der Waals surface area contributed by atoms with Crippen molar-refractivity contribution in [2.45, 2.75) is 20.3 Å². The maximum Gasteiger partial charge on any atom is 0.222 e. The number of rotatable bonds is 17. The molecule has 1 amide bonds. The Morgan fingerprint density at radius 3 is 1.79 bits per heavy atom. The van der Waals surface area contributed by atoms with Crippen molar-refractivity contribution in [1.82, 2.24) is 10.2 Å². The molecule has 1 N–H and O–H groups in total. The first-order chi connectivity index (χ1) is 11.6. The third kappa shape index (κ3) is 16.1. The van der Waals surface area contributed by atoms with Crippen LogP contribution in [0.15, 0.2) is 0 Å². The molecule has 0 fully saturated rings. The lowest BCUT2D eigenvalue weighted by Gasteiger charge is -2.18. The number of ether oxygens (including phenoxy) is 4. The monoisotopic (exact) mass is 348 g/mol. The molecule has 0 aromatic rings. The first-order valence-corrected chi connectivity index (χ1v) is 8.77. The van der Waals surface area contributed by atoms with Crippen LogP contribution in [0.3, 0.4) is 0 Å². The Kier molecular flexibility index (Phi) is 16.6. The van der Waals surface area contributed by atoms with Crippen LogP contribution in [0.4, 0.5) is 0 Å². The van der Waals surface area contributed by atoms with E-state index < -0.39 is 0 Å². The van der Waals surface area contributed by atoms with E-state index in [9.17, 15) is 4.79 Å². The van der Waals surface area contributed by atoms with E-state index in [-0.39, 0.29) is 5.91 Å². The summed E-state index contributed by atoms with van der Waals surface area (Å²) in [7, 11) is 3.70. The number of carbonyl (C=O) groups excluding carboxylic acids is 1. The van der Waals surface area contributed by atoms with Gasteiger partial charge in [0.05, 0.1) is 52.9 Å². The lowest BCUT2D eigenvalue weighted by molar-refractivity contribution is -0.131. The summed E-state index contributed by atoms with van der Waals surface area (Å²) < 4.78 is 21.6. The molecule has 144 valence electrons. The van der Waals surface area contributed by atoms with Crippen LogP contribution >= 0.6 is 0 Å². The highest BCUT2D eigenvalue weighted by atomic mass is 16.6. The van der Waals surface area contributed by atoms with E-state index in [4.69, 9.17) is 18.9 Å². The van der Waals surface area contributed by atoms with Crippen molar-refractivity contribution in [2.24, 2.45) is 5.92 Å². The van der Waals surface area contributed by atoms with Crippen LogP contribution in [0.2, 0.25) is 0 Å². The molecule has 0 aromatic heterocycles. The molecule has 0 aromatic carbocycles. The van der Waals surface area contributed by atoms with Crippen molar-refractivity contribution in [2.75, 3.05) is 80.0 Å². The second-order valence-electron chi connectivity index (χ2n) is 5.97. The fourth-order valence-corrected chi connectivity index (χ4v) is 1.77. The summed E-state index contributed by atoms with van der Waals surface area (Å²) >= 11 is 0. The van der Waals surface area contributed by atoms with Crippen LogP contribution in [-0.4, -0.2) is 90.8 Å². The number of hydrogen-bond acceptors (Lipinski definition) is 6. The fraction of sp³-hybridized carbons (Fsp3) is 0.941. The highest BCUT2D eigenvalue weighted by Gasteiger charge is 2.09. The van der Waals surface area contributed by atoms with Gasteiger partial charge in [-0.15, -0.1) is 0 Å². The Morgan fingerprint density at radius 1 is 0.875 bits per heavy atom. The van der Waals surface area contributed by atoms with Gasteiger partial charge in [-0.1, -0.05) is 13.8 Å². The molecule has 0 bridgehead atoms. The number of carbonyl (C=O) groups is 1. The van der Waals surface area contributed by atoms with Crippen molar-refractivity contribution >= 4 is 5.91 Å². The predicted molar refractivity (Wildman–Crippen MR) is 94.3 cm³/mol. The second kappa shape index (κ2) is 17.1. The van der Waals surface area contributed by atoms with E-state index in [2.05, 4.69) is 5.32 Å².